The van der Waals surface area contributed by atoms with Crippen LogP contribution in [0.3, 0.4) is 0 Å². The van der Waals surface area contributed by atoms with Crippen molar-refractivity contribution in [2.75, 3.05) is 27.4 Å². The minimum atomic E-state index is -1.98. The molecule has 0 spiro atoms. The van der Waals surface area contributed by atoms with Crippen molar-refractivity contribution in [3.63, 3.8) is 0 Å². The summed E-state index contributed by atoms with van der Waals surface area (Å²) in [7, 11) is 1.42. The zero-order valence-corrected chi connectivity index (χ0v) is 11.5. The van der Waals surface area contributed by atoms with Gasteiger partial charge in [0.25, 0.3) is 0 Å². The number of hydrogen-bond acceptors (Lipinski definition) is 4. The van der Waals surface area contributed by atoms with Crippen molar-refractivity contribution in [1.29, 1.82) is 0 Å². The fourth-order valence-electron chi connectivity index (χ4n) is 1.25. The first-order valence-electron chi connectivity index (χ1n) is 5.45. The molecule has 0 aliphatic rings. The van der Waals surface area contributed by atoms with Crippen LogP contribution in [0, 0.1) is 0 Å². The lowest BCUT2D eigenvalue weighted by Gasteiger charge is -2.25. The van der Waals surface area contributed by atoms with Gasteiger partial charge in [-0.3, -0.25) is 0 Å². The van der Waals surface area contributed by atoms with Gasteiger partial charge in [-0.25, -0.2) is 0 Å². The molecule has 0 unspecified atom stereocenters. The van der Waals surface area contributed by atoms with Crippen LogP contribution in [-0.4, -0.2) is 42.3 Å². The molecule has 4 nitrogen and oxygen atoms in total. The molecule has 0 aromatic heterocycles. The monoisotopic (exact) mass is 236 g/mol. The van der Waals surface area contributed by atoms with Crippen LogP contribution in [-0.2, 0) is 18.3 Å². The molecule has 0 bridgehead atoms. The first kappa shape index (κ1) is 15.1. The Labute approximate surface area is 94.1 Å². The van der Waals surface area contributed by atoms with Gasteiger partial charge >= 0.3 is 8.56 Å². The van der Waals surface area contributed by atoms with E-state index < -0.39 is 8.56 Å². The Morgan fingerprint density at radius 3 is 1.80 bits per heavy atom. The van der Waals surface area contributed by atoms with Crippen molar-refractivity contribution < 1.29 is 18.3 Å². The Hall–Kier alpha value is 0.0569. The van der Waals surface area contributed by atoms with Crippen LogP contribution in [0.4, 0.5) is 0 Å². The summed E-state index contributed by atoms with van der Waals surface area (Å²) in [4.78, 5) is 0. The lowest BCUT2D eigenvalue weighted by atomic mass is 10.4. The number of rotatable bonds is 9. The predicted molar refractivity (Wildman–Crippen MR) is 62.1 cm³/mol. The zero-order valence-electron chi connectivity index (χ0n) is 10.5. The van der Waals surface area contributed by atoms with Crippen LogP contribution in [0.15, 0.2) is 0 Å². The largest absolute Gasteiger partial charge is 0.398 e. The molecule has 0 radical (unpaired) electrons. The summed E-state index contributed by atoms with van der Waals surface area (Å²) >= 11 is 0. The van der Waals surface area contributed by atoms with E-state index in [0.29, 0.717) is 13.2 Å². The molecule has 0 aromatic carbocycles. The Morgan fingerprint density at radius 2 is 1.47 bits per heavy atom. The van der Waals surface area contributed by atoms with Crippen molar-refractivity contribution in [1.82, 2.24) is 0 Å². The first-order chi connectivity index (χ1) is 7.11. The molecule has 0 aliphatic heterocycles. The highest BCUT2D eigenvalue weighted by Gasteiger charge is 2.29. The summed E-state index contributed by atoms with van der Waals surface area (Å²) in [6, 6.07) is 0.880. The van der Waals surface area contributed by atoms with Gasteiger partial charge in [0, 0.05) is 33.9 Å². The Kier molecular flexibility index (Phi) is 8.27. The van der Waals surface area contributed by atoms with Gasteiger partial charge in [-0.15, -0.1) is 0 Å². The highest BCUT2D eigenvalue weighted by molar-refractivity contribution is 6.65. The summed E-state index contributed by atoms with van der Waals surface area (Å²) in [6.07, 6.45) is 0.698. The highest BCUT2D eigenvalue weighted by atomic mass is 28.4. The fourth-order valence-corrected chi connectivity index (χ4v) is 2.59. The van der Waals surface area contributed by atoms with Gasteiger partial charge in [0.2, 0.25) is 0 Å². The summed E-state index contributed by atoms with van der Waals surface area (Å²) in [6.45, 7) is 7.32. The van der Waals surface area contributed by atoms with Gasteiger partial charge < -0.3 is 18.3 Å². The van der Waals surface area contributed by atoms with Crippen molar-refractivity contribution in [3.8, 4) is 0 Å². The van der Waals surface area contributed by atoms with Crippen LogP contribution < -0.4 is 0 Å². The van der Waals surface area contributed by atoms with E-state index in [4.69, 9.17) is 18.3 Å². The molecule has 0 amide bonds. The molecule has 0 fully saturated rings. The fraction of sp³-hybridized carbons (Fsp3) is 1.00. The lowest BCUT2D eigenvalue weighted by Crippen LogP contribution is -2.37. The van der Waals surface area contributed by atoms with Crippen molar-refractivity contribution in [2.45, 2.75) is 39.1 Å². The van der Waals surface area contributed by atoms with Gasteiger partial charge in [-0.1, -0.05) is 0 Å². The maximum atomic E-state index is 5.46. The second kappa shape index (κ2) is 8.24. The van der Waals surface area contributed by atoms with E-state index in [0.717, 1.165) is 12.5 Å². The van der Waals surface area contributed by atoms with E-state index in [1.807, 2.05) is 20.4 Å². The summed E-state index contributed by atoms with van der Waals surface area (Å²) < 4.78 is 21.7. The predicted octanol–water partition coefficient (Wildman–Crippen LogP) is 2.14. The van der Waals surface area contributed by atoms with E-state index in [9.17, 15) is 0 Å². The second-order valence-corrected chi connectivity index (χ2v) is 7.01. The normalized spacial score (nSPS) is 12.4. The van der Waals surface area contributed by atoms with Gasteiger partial charge in [0.05, 0.1) is 0 Å². The molecule has 0 aliphatic carbocycles. The van der Waals surface area contributed by atoms with E-state index in [1.165, 1.54) is 0 Å². The van der Waals surface area contributed by atoms with Crippen LogP contribution in [0.2, 0.25) is 12.6 Å². The topological polar surface area (TPSA) is 36.9 Å². The molecule has 0 rings (SSSR count). The minimum absolute atomic E-state index is 0.128. The van der Waals surface area contributed by atoms with E-state index in [-0.39, 0.29) is 6.29 Å². The number of hydrogen-bond donors (Lipinski definition) is 0. The van der Waals surface area contributed by atoms with Gasteiger partial charge in [0.1, 0.15) is 0 Å². The van der Waals surface area contributed by atoms with Crippen LogP contribution in [0.5, 0.6) is 0 Å². The minimum Gasteiger partial charge on any atom is -0.398 e. The third-order valence-electron chi connectivity index (χ3n) is 2.40. The molecular formula is C10H24O4Si. The Morgan fingerprint density at radius 1 is 1.00 bits per heavy atom. The third kappa shape index (κ3) is 6.27. The standard InChI is InChI=1S/C10H24O4Si/c1-6-13-10(14-7-2)8-9-15(5,11-3)12-4/h10H,6-9H2,1-5H3. The van der Waals surface area contributed by atoms with Crippen molar-refractivity contribution >= 4 is 8.56 Å². The summed E-state index contributed by atoms with van der Waals surface area (Å²) in [5.74, 6) is 0. The lowest BCUT2D eigenvalue weighted by molar-refractivity contribution is -0.137. The SMILES string of the molecule is CCOC(CC[Si](C)(OC)OC)OCC. The molecule has 0 heterocycles. The highest BCUT2D eigenvalue weighted by Crippen LogP contribution is 2.17. The average Bonchev–Trinajstić information content (AvgIpc) is 2.26. The molecule has 5 heteroatoms. The van der Waals surface area contributed by atoms with Gasteiger partial charge in [-0.2, -0.15) is 0 Å². The molecular weight excluding hydrogens is 212 g/mol. The molecule has 15 heavy (non-hydrogen) atoms. The van der Waals surface area contributed by atoms with Crippen LogP contribution in [0.25, 0.3) is 0 Å². The second-order valence-electron chi connectivity index (χ2n) is 3.42. The average molecular weight is 236 g/mol. The molecule has 0 saturated carbocycles. The Bertz CT molecular complexity index is 144. The quantitative estimate of drug-likeness (QED) is 0.454. The van der Waals surface area contributed by atoms with Crippen molar-refractivity contribution in [2.24, 2.45) is 0 Å². The maximum absolute atomic E-state index is 5.46. The molecule has 0 N–H and O–H groups in total. The smallest absolute Gasteiger partial charge is 0.334 e. The molecule has 0 atom stereocenters. The van der Waals surface area contributed by atoms with Crippen molar-refractivity contribution in [3.05, 3.63) is 0 Å². The van der Waals surface area contributed by atoms with Crippen LogP contribution >= 0.6 is 0 Å². The maximum Gasteiger partial charge on any atom is 0.334 e. The van der Waals surface area contributed by atoms with Crippen LogP contribution in [0.1, 0.15) is 20.3 Å². The first-order valence-corrected chi connectivity index (χ1v) is 7.97. The molecule has 0 saturated heterocycles. The summed E-state index contributed by atoms with van der Waals surface area (Å²) in [5, 5.41) is 0. The van der Waals surface area contributed by atoms with Gasteiger partial charge in [-0.05, 0) is 26.4 Å². The Balaban J connectivity index is 3.95. The van der Waals surface area contributed by atoms with E-state index >= 15 is 0 Å². The zero-order chi connectivity index (χ0) is 11.7. The third-order valence-corrected chi connectivity index (χ3v) is 5.33. The van der Waals surface area contributed by atoms with E-state index in [2.05, 4.69) is 0 Å². The van der Waals surface area contributed by atoms with Gasteiger partial charge in [0.15, 0.2) is 6.29 Å². The number of ether oxygens (including phenoxy) is 2. The molecule has 92 valence electrons. The summed E-state index contributed by atoms with van der Waals surface area (Å²) in [5.41, 5.74) is 0. The molecule has 0 aromatic rings. The van der Waals surface area contributed by atoms with E-state index in [1.54, 1.807) is 14.2 Å².